The molecule has 3 heterocycles. The Hall–Kier alpha value is -10.7. The lowest BCUT2D eigenvalue weighted by atomic mass is 9.33. The van der Waals surface area contributed by atoms with Crippen molar-refractivity contribution in [3.63, 3.8) is 0 Å². The molecule has 0 amide bonds. The van der Waals surface area contributed by atoms with E-state index in [9.17, 15) is 11.0 Å². The molecule has 0 fully saturated rings. The van der Waals surface area contributed by atoms with Crippen molar-refractivity contribution in [3.05, 3.63) is 311 Å². The molecule has 0 radical (unpaired) electrons. The normalized spacial score (nSPS) is 14.6. The minimum Gasteiger partial charge on any atom is -0.310 e. The van der Waals surface area contributed by atoms with Crippen molar-refractivity contribution in [3.8, 4) is 72.4 Å². The van der Waals surface area contributed by atoms with Gasteiger partial charge in [-0.05, 0) is 226 Å². The van der Waals surface area contributed by atoms with Crippen LogP contribution in [0.3, 0.4) is 0 Å². The lowest BCUT2D eigenvalue weighted by Crippen LogP contribution is -2.61. The summed E-state index contributed by atoms with van der Waals surface area (Å²) in [7, 11) is 0. The van der Waals surface area contributed by atoms with Gasteiger partial charge in [-0.25, -0.2) is 0 Å². The van der Waals surface area contributed by atoms with Crippen molar-refractivity contribution in [1.29, 1.82) is 0 Å². The first-order valence-electron chi connectivity index (χ1n) is 46.7. The molecule has 598 valence electrons. The van der Waals surface area contributed by atoms with Gasteiger partial charge in [0.1, 0.15) is 0 Å². The Bertz CT molecular complexity index is 6480. The van der Waals surface area contributed by atoms with Crippen LogP contribution in [0.25, 0.3) is 94.3 Å². The zero-order valence-corrected chi connectivity index (χ0v) is 75.1. The molecule has 0 saturated carbocycles. The van der Waals surface area contributed by atoms with Crippen LogP contribution < -0.4 is 26.2 Å². The standard InChI is InChI=1S/C114H124BN3/c1-106(2,3)79-47-36-71(37-48-79)78-63-101-103-102(64-78)118(105-93(74-42-53-82(54-43-74)109(10,11)12)68-87(114(25,26)27)69-94(105)75-44-55-83(56-45-75)110(13,14)15)100-70-88(116-97-34-30-28-32-89(97)90-33-29-31-35-98(90)116)57-59-96(100)115(103)95-58-46-76(77-60-84(111(16,17)18)65-85(61-77)112(19,20)21)62-99(95)117(101)104-91(72-38-49-80(50-39-72)107(4,5)6)66-86(113(22,23)24)67-92(104)73-40-51-81(52-41-73)108(7,8)9/h28-70H,1-27H3/i28D,29D,30D,31D,32D,33D,34D,35D. The first-order chi connectivity index (χ1) is 58.5. The molecule has 2 aliphatic rings. The minimum absolute atomic E-state index is 0.0127. The van der Waals surface area contributed by atoms with Crippen LogP contribution in [0.2, 0.25) is 0 Å². The van der Waals surface area contributed by atoms with E-state index in [4.69, 9.17) is 0 Å². The number of anilines is 6. The van der Waals surface area contributed by atoms with Crippen LogP contribution in [0.1, 0.15) is 248 Å². The van der Waals surface area contributed by atoms with Crippen LogP contribution in [0.15, 0.2) is 261 Å². The molecule has 0 atom stereocenters. The van der Waals surface area contributed by atoms with Gasteiger partial charge in [0.25, 0.3) is 6.71 Å². The third-order valence-electron chi connectivity index (χ3n) is 25.1. The Balaban J connectivity index is 1.17. The predicted octanol–water partition coefficient (Wildman–Crippen LogP) is 30.5. The van der Waals surface area contributed by atoms with E-state index in [1.54, 1.807) is 4.57 Å². The first kappa shape index (κ1) is 71.4. The van der Waals surface area contributed by atoms with Crippen molar-refractivity contribution in [2.45, 2.75) is 236 Å². The van der Waals surface area contributed by atoms with Crippen LogP contribution in [-0.4, -0.2) is 11.3 Å². The minimum atomic E-state index is -0.539. The van der Waals surface area contributed by atoms with Crippen LogP contribution in [0.5, 0.6) is 0 Å². The van der Waals surface area contributed by atoms with E-state index in [2.05, 4.69) is 403 Å². The van der Waals surface area contributed by atoms with Crippen molar-refractivity contribution < 1.29 is 11.0 Å². The summed E-state index contributed by atoms with van der Waals surface area (Å²) < 4.78 is 78.8. The molecule has 118 heavy (non-hydrogen) atoms. The van der Waals surface area contributed by atoms with Gasteiger partial charge in [0.2, 0.25) is 0 Å². The molecule has 16 rings (SSSR count). The number of para-hydroxylation sites is 2. The smallest absolute Gasteiger partial charge is 0.252 e. The quantitative estimate of drug-likeness (QED) is 0.133. The Morgan fingerprint density at radius 2 is 0.492 bits per heavy atom. The maximum absolute atomic E-state index is 10.1. The van der Waals surface area contributed by atoms with Gasteiger partial charge in [0, 0.05) is 61.5 Å². The SMILES string of the molecule is [2H]c1c([2H])c([2H])c2c(c1[2H])c1c([2H])c([2H])c([2H])c([2H])c1n2-c1ccc2c(c1)N(c1c(-c3ccc(C(C)(C)C)cc3)cc(C(C)(C)C)cc1-c1ccc(C(C)(C)C)cc1)c1cc(-c3ccc(C(C)(C)C)cc3)cc3c1B2c1ccc(-c2cc(C(C)(C)C)cc(C(C)(C)C)c2)cc1N3c1c(-c2ccc(C(C)(C)C)cc2)cc(C(C)(C)C)cc1-c1ccc(C(C)(C)C)cc1. The Labute approximate surface area is 719 Å². The Kier molecular flexibility index (Phi) is 17.3. The van der Waals surface area contributed by atoms with E-state index in [1.807, 2.05) is 6.07 Å². The van der Waals surface area contributed by atoms with Crippen LogP contribution in [0, 0.1) is 0 Å². The summed E-state index contributed by atoms with van der Waals surface area (Å²) in [5.74, 6) is 0. The van der Waals surface area contributed by atoms with Gasteiger partial charge < -0.3 is 14.4 Å². The number of benzene rings is 13. The average Bonchev–Trinajstić information content (AvgIpc) is 0.856. The molecule has 0 saturated heterocycles. The molecule has 0 bridgehead atoms. The van der Waals surface area contributed by atoms with Crippen LogP contribution in [0.4, 0.5) is 34.1 Å². The third kappa shape index (κ3) is 14.9. The molecule has 14 aromatic rings. The van der Waals surface area contributed by atoms with Gasteiger partial charge in [0.15, 0.2) is 0 Å². The number of hydrogen-bond acceptors (Lipinski definition) is 2. The fourth-order valence-electron chi connectivity index (χ4n) is 17.5. The second-order valence-corrected chi connectivity index (χ2v) is 43.1. The summed E-state index contributed by atoms with van der Waals surface area (Å²) in [6, 6.07) is 78.4. The lowest BCUT2D eigenvalue weighted by molar-refractivity contribution is 0.569. The van der Waals surface area contributed by atoms with Crippen molar-refractivity contribution in [2.75, 3.05) is 9.80 Å². The third-order valence-corrected chi connectivity index (χ3v) is 25.1. The van der Waals surface area contributed by atoms with Gasteiger partial charge in [-0.15, -0.1) is 0 Å². The predicted molar refractivity (Wildman–Crippen MR) is 516 cm³/mol. The van der Waals surface area contributed by atoms with E-state index >= 15 is 0 Å². The fourth-order valence-corrected chi connectivity index (χ4v) is 17.5. The summed E-state index contributed by atoms with van der Waals surface area (Å²) in [5, 5.41) is 0.0255. The lowest BCUT2D eigenvalue weighted by Gasteiger charge is -2.46. The average molecular weight is 1560 g/mol. The summed E-state index contributed by atoms with van der Waals surface area (Å²) in [4.78, 5) is 5.19. The zero-order chi connectivity index (χ0) is 91.4. The zero-order valence-electron chi connectivity index (χ0n) is 83.1. The van der Waals surface area contributed by atoms with Crippen molar-refractivity contribution in [1.82, 2.24) is 4.57 Å². The number of rotatable bonds is 9. The van der Waals surface area contributed by atoms with E-state index in [0.717, 1.165) is 123 Å². The molecule has 3 nitrogen and oxygen atoms in total. The summed E-state index contributed by atoms with van der Waals surface area (Å²) in [6.07, 6.45) is 0. The Morgan fingerprint density at radius 3 is 0.814 bits per heavy atom. The number of aromatic nitrogens is 1. The van der Waals surface area contributed by atoms with Gasteiger partial charge in [0.05, 0.1) is 33.4 Å². The second-order valence-electron chi connectivity index (χ2n) is 43.1. The van der Waals surface area contributed by atoms with E-state index in [0.29, 0.717) is 5.69 Å². The van der Waals surface area contributed by atoms with Gasteiger partial charge in [-0.2, -0.15) is 0 Å². The molecule has 2 aliphatic heterocycles. The van der Waals surface area contributed by atoms with E-state index in [-0.39, 0.29) is 82.6 Å². The highest BCUT2D eigenvalue weighted by atomic mass is 15.2. The Morgan fingerprint density at radius 1 is 0.229 bits per heavy atom. The number of hydrogen-bond donors (Lipinski definition) is 0. The topological polar surface area (TPSA) is 11.4 Å². The van der Waals surface area contributed by atoms with Gasteiger partial charge in [-0.3, -0.25) is 0 Å². The highest BCUT2D eigenvalue weighted by molar-refractivity contribution is 7.00. The fraction of sp³-hybridized carbons (Fsp3) is 0.316. The molecule has 0 unspecified atom stereocenters. The van der Waals surface area contributed by atoms with E-state index < -0.39 is 43.0 Å². The van der Waals surface area contributed by atoms with E-state index in [1.165, 1.54) is 44.5 Å². The molecule has 1 aromatic heterocycles. The number of fused-ring (bicyclic) bond motifs is 7. The maximum atomic E-state index is 10.1. The second kappa shape index (κ2) is 28.5. The summed E-state index contributed by atoms with van der Waals surface area (Å²) >= 11 is 0. The highest BCUT2D eigenvalue weighted by Crippen LogP contribution is 2.57. The largest absolute Gasteiger partial charge is 0.310 e. The molecule has 4 heteroatoms. The molecule has 0 N–H and O–H groups in total. The van der Waals surface area contributed by atoms with Crippen LogP contribution in [-0.2, 0) is 48.7 Å². The van der Waals surface area contributed by atoms with Crippen LogP contribution >= 0.6 is 0 Å². The molecular formula is C114H124BN3. The monoisotopic (exact) mass is 1550 g/mol. The molecular weight excluding hydrogens is 1420 g/mol. The summed E-state index contributed by atoms with van der Waals surface area (Å²) in [6.45, 7) is 61.3. The number of nitrogens with zero attached hydrogens (tertiary/aromatic N) is 3. The molecule has 0 aliphatic carbocycles. The highest BCUT2D eigenvalue weighted by Gasteiger charge is 2.47. The maximum Gasteiger partial charge on any atom is 0.252 e. The van der Waals surface area contributed by atoms with Crippen molar-refractivity contribution >= 4 is 79.0 Å². The first-order valence-corrected chi connectivity index (χ1v) is 42.7. The molecule has 0 spiro atoms. The van der Waals surface area contributed by atoms with Gasteiger partial charge in [-0.1, -0.05) is 381 Å². The summed E-state index contributed by atoms with van der Waals surface area (Å²) in [5.41, 5.74) is 30.5. The van der Waals surface area contributed by atoms with Gasteiger partial charge >= 0.3 is 0 Å². The van der Waals surface area contributed by atoms with Crippen molar-refractivity contribution in [2.24, 2.45) is 0 Å². The molecule has 13 aromatic carbocycles.